The Morgan fingerprint density at radius 3 is 1.29 bits per heavy atom. The number of hydrogen-bond acceptors (Lipinski definition) is 8. The van der Waals surface area contributed by atoms with E-state index in [0.717, 1.165) is 0 Å². The molecule has 0 N–H and O–H groups in total. The highest BCUT2D eigenvalue weighted by atomic mass is 31.2. The van der Waals surface area contributed by atoms with Gasteiger partial charge in [0, 0.05) is 6.07 Å². The largest absolute Gasteiger partial charge is 0.530 e. The molecule has 1 rings (SSSR count). The molecule has 0 aliphatic rings. The molecule has 0 amide bonds. The smallest absolute Gasteiger partial charge is 0.404 e. The molecule has 1 aromatic carbocycles. The van der Waals surface area contributed by atoms with Gasteiger partial charge in [0.1, 0.15) is 11.5 Å². The van der Waals surface area contributed by atoms with Crippen molar-refractivity contribution in [2.75, 3.05) is 26.4 Å². The second kappa shape index (κ2) is 12.5. The van der Waals surface area contributed by atoms with Gasteiger partial charge in [-0.15, -0.1) is 26.3 Å². The first kappa shape index (κ1) is 24.1. The highest BCUT2D eigenvalue weighted by molar-refractivity contribution is 7.49. The average molecular weight is 430 g/mol. The zero-order valence-corrected chi connectivity index (χ0v) is 17.2. The lowest BCUT2D eigenvalue weighted by Crippen LogP contribution is -2.04. The Balaban J connectivity index is 2.98. The van der Waals surface area contributed by atoms with Crippen molar-refractivity contribution < 1.29 is 36.3 Å². The van der Waals surface area contributed by atoms with Crippen LogP contribution in [0.1, 0.15) is 0 Å². The summed E-state index contributed by atoms with van der Waals surface area (Å²) in [5.41, 5.74) is 0. The maximum atomic E-state index is 12.7. The van der Waals surface area contributed by atoms with Gasteiger partial charge in [-0.1, -0.05) is 30.4 Å². The van der Waals surface area contributed by atoms with Crippen molar-refractivity contribution in [2.45, 2.75) is 0 Å². The fourth-order valence-corrected chi connectivity index (χ4v) is 3.86. The van der Waals surface area contributed by atoms with Gasteiger partial charge in [-0.2, -0.15) is 0 Å². The summed E-state index contributed by atoms with van der Waals surface area (Å²) in [6.45, 7) is 13.7. The summed E-state index contributed by atoms with van der Waals surface area (Å²) in [4.78, 5) is 0. The normalized spacial score (nSPS) is 11.4. The minimum Gasteiger partial charge on any atom is -0.404 e. The van der Waals surface area contributed by atoms with Gasteiger partial charge < -0.3 is 9.05 Å². The van der Waals surface area contributed by atoms with Gasteiger partial charge in [0.05, 0.1) is 26.4 Å². The summed E-state index contributed by atoms with van der Waals surface area (Å²) in [5, 5.41) is 0. The molecule has 0 unspecified atom stereocenters. The van der Waals surface area contributed by atoms with Crippen molar-refractivity contribution in [2.24, 2.45) is 0 Å². The van der Waals surface area contributed by atoms with E-state index in [2.05, 4.69) is 26.3 Å². The molecule has 0 saturated heterocycles. The molecule has 0 heterocycles. The van der Waals surface area contributed by atoms with Crippen molar-refractivity contribution in [3.05, 3.63) is 74.9 Å². The molecule has 0 spiro atoms. The fourth-order valence-electron chi connectivity index (χ4n) is 1.60. The lowest BCUT2D eigenvalue weighted by molar-refractivity contribution is 0.179. The van der Waals surface area contributed by atoms with Gasteiger partial charge in [0.25, 0.3) is 0 Å². The molecule has 0 fully saturated rings. The fraction of sp³-hybridized carbons (Fsp3) is 0.222. The Kier molecular flexibility index (Phi) is 10.8. The minimum atomic E-state index is -3.94. The van der Waals surface area contributed by atoms with E-state index in [-0.39, 0.29) is 37.9 Å². The third-order valence-electron chi connectivity index (χ3n) is 2.64. The standard InChI is InChI=1S/C18H24O8P2/c1-5-12-21-27(19,22-13-6-2)25-17-10-9-11-18(16-17)26-28(20,23-14-7-3)24-15-8-4/h5-11,16H,1-4,12-15H2. The summed E-state index contributed by atoms with van der Waals surface area (Å²) in [6.07, 6.45) is 5.60. The number of rotatable bonds is 16. The topological polar surface area (TPSA) is 89.5 Å². The van der Waals surface area contributed by atoms with Crippen LogP contribution in [0.5, 0.6) is 11.5 Å². The maximum absolute atomic E-state index is 12.7. The number of phosphoric ester groups is 2. The minimum absolute atomic E-state index is 0.0510. The van der Waals surface area contributed by atoms with Gasteiger partial charge in [-0.05, 0) is 12.1 Å². The molecule has 0 saturated carbocycles. The van der Waals surface area contributed by atoms with Crippen LogP contribution in [0, 0.1) is 0 Å². The van der Waals surface area contributed by atoms with E-state index in [4.69, 9.17) is 27.1 Å². The van der Waals surface area contributed by atoms with Crippen molar-refractivity contribution >= 4 is 15.6 Å². The zero-order chi connectivity index (χ0) is 20.9. The molecular formula is C18H24O8P2. The number of hydrogen-bond donors (Lipinski definition) is 0. The Bertz CT molecular complexity index is 670. The first-order valence-corrected chi connectivity index (χ1v) is 11.0. The van der Waals surface area contributed by atoms with E-state index >= 15 is 0 Å². The second-order valence-corrected chi connectivity index (χ2v) is 8.08. The third-order valence-corrected chi connectivity index (χ3v) is 5.37. The Labute approximate surface area is 165 Å². The summed E-state index contributed by atoms with van der Waals surface area (Å²) in [6, 6.07) is 5.85. The highest BCUT2D eigenvalue weighted by Crippen LogP contribution is 2.52. The molecule has 0 aliphatic heterocycles. The van der Waals surface area contributed by atoms with Crippen LogP contribution in [0.3, 0.4) is 0 Å². The third kappa shape index (κ3) is 8.85. The lowest BCUT2D eigenvalue weighted by atomic mass is 10.3. The van der Waals surface area contributed by atoms with Gasteiger partial charge in [0.15, 0.2) is 0 Å². The summed E-state index contributed by atoms with van der Waals surface area (Å²) < 4.78 is 56.5. The Morgan fingerprint density at radius 1 is 0.679 bits per heavy atom. The van der Waals surface area contributed by atoms with E-state index < -0.39 is 15.6 Å². The van der Waals surface area contributed by atoms with E-state index in [1.165, 1.54) is 48.6 Å². The van der Waals surface area contributed by atoms with Gasteiger partial charge in [-0.3, -0.25) is 18.1 Å². The summed E-state index contributed by atoms with van der Waals surface area (Å²) in [5.74, 6) is 0.181. The van der Waals surface area contributed by atoms with Crippen LogP contribution in [0.2, 0.25) is 0 Å². The second-order valence-electron chi connectivity index (χ2n) is 4.89. The SMILES string of the molecule is C=CCOP(=O)(OCC=C)Oc1cccc(OP(=O)(OCC=C)OCC=C)c1. The Hall–Kier alpha value is -1.92. The quantitative estimate of drug-likeness (QED) is 0.252. The zero-order valence-electron chi connectivity index (χ0n) is 15.4. The Morgan fingerprint density at radius 2 is 1.00 bits per heavy atom. The summed E-state index contributed by atoms with van der Waals surface area (Å²) >= 11 is 0. The first-order chi connectivity index (χ1) is 13.4. The average Bonchev–Trinajstić information content (AvgIpc) is 2.68. The molecule has 0 aliphatic carbocycles. The van der Waals surface area contributed by atoms with Gasteiger partial charge in [-0.25, -0.2) is 9.13 Å². The first-order valence-electron chi connectivity index (χ1n) is 8.11. The van der Waals surface area contributed by atoms with E-state index in [1.54, 1.807) is 0 Å². The maximum Gasteiger partial charge on any atom is 0.530 e. The van der Waals surface area contributed by atoms with Crippen LogP contribution < -0.4 is 9.05 Å². The monoisotopic (exact) mass is 430 g/mol. The molecule has 1 aromatic rings. The molecular weight excluding hydrogens is 406 g/mol. The number of benzene rings is 1. The highest BCUT2D eigenvalue weighted by Gasteiger charge is 2.30. The molecule has 8 nitrogen and oxygen atoms in total. The molecule has 0 aromatic heterocycles. The van der Waals surface area contributed by atoms with Crippen LogP contribution in [0.4, 0.5) is 0 Å². The van der Waals surface area contributed by atoms with E-state index in [0.29, 0.717) is 0 Å². The van der Waals surface area contributed by atoms with Crippen LogP contribution >= 0.6 is 15.6 Å². The molecule has 10 heteroatoms. The van der Waals surface area contributed by atoms with Gasteiger partial charge >= 0.3 is 15.6 Å². The van der Waals surface area contributed by atoms with Crippen molar-refractivity contribution in [3.8, 4) is 11.5 Å². The van der Waals surface area contributed by atoms with Crippen LogP contribution in [0.25, 0.3) is 0 Å². The van der Waals surface area contributed by atoms with Crippen molar-refractivity contribution in [1.82, 2.24) is 0 Å². The van der Waals surface area contributed by atoms with E-state index in [9.17, 15) is 9.13 Å². The van der Waals surface area contributed by atoms with Crippen LogP contribution in [-0.4, -0.2) is 26.4 Å². The van der Waals surface area contributed by atoms with Crippen LogP contribution in [-0.2, 0) is 27.2 Å². The lowest BCUT2D eigenvalue weighted by Gasteiger charge is -2.19. The molecule has 0 bridgehead atoms. The number of phosphoric acid groups is 2. The predicted octanol–water partition coefficient (Wildman–Crippen LogP) is 5.47. The summed E-state index contributed by atoms with van der Waals surface area (Å²) in [7, 11) is -7.87. The van der Waals surface area contributed by atoms with Crippen LogP contribution in [0.15, 0.2) is 74.9 Å². The molecule has 0 radical (unpaired) electrons. The predicted molar refractivity (Wildman–Crippen MR) is 108 cm³/mol. The van der Waals surface area contributed by atoms with E-state index in [1.807, 2.05) is 0 Å². The molecule has 0 atom stereocenters. The van der Waals surface area contributed by atoms with Crippen molar-refractivity contribution in [3.63, 3.8) is 0 Å². The van der Waals surface area contributed by atoms with Gasteiger partial charge in [0.2, 0.25) is 0 Å². The molecule has 154 valence electrons. The van der Waals surface area contributed by atoms with Crippen molar-refractivity contribution in [1.29, 1.82) is 0 Å². The molecule has 28 heavy (non-hydrogen) atoms.